The number of fused-ring (bicyclic) bond motifs is 1. The van der Waals surface area contributed by atoms with Crippen molar-refractivity contribution in [3.63, 3.8) is 0 Å². The second-order valence-corrected chi connectivity index (χ2v) is 4.39. The molecule has 1 atom stereocenters. The Morgan fingerprint density at radius 2 is 2.27 bits per heavy atom. The maximum Gasteiger partial charge on any atom is 0.0962 e. The molecule has 15 heavy (non-hydrogen) atoms. The molecule has 82 valence electrons. The Morgan fingerprint density at radius 1 is 1.47 bits per heavy atom. The zero-order chi connectivity index (χ0) is 10.8. The number of rotatable bonds is 1. The maximum absolute atomic E-state index is 9.97. The summed E-state index contributed by atoms with van der Waals surface area (Å²) in [4.78, 5) is 4.58. The van der Waals surface area contributed by atoms with E-state index in [2.05, 4.69) is 18.0 Å². The van der Waals surface area contributed by atoms with Crippen LogP contribution in [0.3, 0.4) is 0 Å². The Balaban J connectivity index is 2.46. The summed E-state index contributed by atoms with van der Waals surface area (Å²) in [5, 5.41) is 9.97. The number of aromatic nitrogens is 1. The number of nitrogens with zero attached hydrogens (tertiary/aromatic N) is 1. The summed E-state index contributed by atoms with van der Waals surface area (Å²) in [7, 11) is 0. The van der Waals surface area contributed by atoms with Crippen LogP contribution in [-0.4, -0.2) is 10.1 Å². The van der Waals surface area contributed by atoms with E-state index in [1.165, 1.54) is 17.5 Å². The van der Waals surface area contributed by atoms with Gasteiger partial charge in [-0.3, -0.25) is 4.98 Å². The zero-order valence-electron chi connectivity index (χ0n) is 9.58. The number of aliphatic hydroxyl groups excluding tert-OH is 1. The van der Waals surface area contributed by atoms with E-state index in [-0.39, 0.29) is 6.10 Å². The highest BCUT2D eigenvalue weighted by atomic mass is 16.3. The molecule has 1 heterocycles. The van der Waals surface area contributed by atoms with Crippen LogP contribution in [0, 0.1) is 6.92 Å². The molecule has 1 aromatic rings. The van der Waals surface area contributed by atoms with E-state index in [1.807, 2.05) is 6.92 Å². The van der Waals surface area contributed by atoms with Crippen molar-refractivity contribution in [1.29, 1.82) is 0 Å². The minimum absolute atomic E-state index is 0.341. The van der Waals surface area contributed by atoms with Crippen molar-refractivity contribution in [2.75, 3.05) is 0 Å². The van der Waals surface area contributed by atoms with Gasteiger partial charge in [0.05, 0.1) is 11.8 Å². The lowest BCUT2D eigenvalue weighted by Gasteiger charge is -2.13. The van der Waals surface area contributed by atoms with Crippen LogP contribution in [0.25, 0.3) is 0 Å². The predicted octanol–water partition coefficient (Wildman–Crippen LogP) is 2.71. The van der Waals surface area contributed by atoms with Gasteiger partial charge in [0.15, 0.2) is 0 Å². The minimum atomic E-state index is -0.341. The van der Waals surface area contributed by atoms with E-state index in [0.717, 1.165) is 37.1 Å². The van der Waals surface area contributed by atoms with Crippen molar-refractivity contribution < 1.29 is 5.11 Å². The summed E-state index contributed by atoms with van der Waals surface area (Å²) >= 11 is 0. The molecule has 0 aliphatic heterocycles. The van der Waals surface area contributed by atoms with Crippen molar-refractivity contribution in [3.05, 3.63) is 28.6 Å². The summed E-state index contributed by atoms with van der Waals surface area (Å²) in [5.74, 6) is 0. The van der Waals surface area contributed by atoms with Gasteiger partial charge in [0, 0.05) is 5.69 Å². The average Bonchev–Trinajstić information content (AvgIpc) is 2.40. The normalized spacial score (nSPS) is 20.9. The molecule has 0 fully saturated rings. The number of hydrogen-bond donors (Lipinski definition) is 1. The summed E-state index contributed by atoms with van der Waals surface area (Å²) in [6.45, 7) is 4.19. The first kappa shape index (κ1) is 10.6. The molecule has 0 spiro atoms. The van der Waals surface area contributed by atoms with Gasteiger partial charge in [-0.05, 0) is 43.7 Å². The van der Waals surface area contributed by atoms with Crippen molar-refractivity contribution in [2.45, 2.75) is 52.1 Å². The van der Waals surface area contributed by atoms with Gasteiger partial charge in [-0.1, -0.05) is 19.4 Å². The van der Waals surface area contributed by atoms with E-state index in [9.17, 15) is 5.11 Å². The van der Waals surface area contributed by atoms with Crippen molar-refractivity contribution in [1.82, 2.24) is 4.98 Å². The van der Waals surface area contributed by atoms with Gasteiger partial charge in [0.25, 0.3) is 0 Å². The summed E-state index contributed by atoms with van der Waals surface area (Å²) in [6.07, 6.45) is 4.92. The predicted molar refractivity (Wildman–Crippen MR) is 60.9 cm³/mol. The first-order valence-corrected chi connectivity index (χ1v) is 5.89. The second-order valence-electron chi connectivity index (χ2n) is 4.39. The Labute approximate surface area is 91.4 Å². The van der Waals surface area contributed by atoms with Gasteiger partial charge in [-0.15, -0.1) is 0 Å². The summed E-state index contributed by atoms with van der Waals surface area (Å²) in [5.41, 5.74) is 4.60. The van der Waals surface area contributed by atoms with Crippen LogP contribution >= 0.6 is 0 Å². The molecule has 0 amide bonds. The number of aryl methyl sites for hydroxylation is 3. The van der Waals surface area contributed by atoms with Gasteiger partial charge in [0.1, 0.15) is 0 Å². The smallest absolute Gasteiger partial charge is 0.0962 e. The Hall–Kier alpha value is -0.890. The van der Waals surface area contributed by atoms with Crippen LogP contribution in [-0.2, 0) is 12.8 Å². The lowest BCUT2D eigenvalue weighted by atomic mass is 10.0. The van der Waals surface area contributed by atoms with Gasteiger partial charge < -0.3 is 5.11 Å². The first-order valence-electron chi connectivity index (χ1n) is 5.89. The molecule has 1 unspecified atom stereocenters. The molecule has 2 rings (SSSR count). The monoisotopic (exact) mass is 205 g/mol. The van der Waals surface area contributed by atoms with E-state index in [1.54, 1.807) is 0 Å². The quantitative estimate of drug-likeness (QED) is 0.715. The van der Waals surface area contributed by atoms with Gasteiger partial charge in [0.2, 0.25) is 0 Å². The van der Waals surface area contributed by atoms with E-state index >= 15 is 0 Å². The van der Waals surface area contributed by atoms with Crippen molar-refractivity contribution in [3.8, 4) is 0 Å². The van der Waals surface area contributed by atoms with Crippen LogP contribution in [0.1, 0.15) is 54.8 Å². The topological polar surface area (TPSA) is 33.1 Å². The molecule has 2 heteroatoms. The van der Waals surface area contributed by atoms with Gasteiger partial charge in [-0.25, -0.2) is 0 Å². The zero-order valence-corrected chi connectivity index (χ0v) is 9.58. The molecular formula is C13H19NO. The van der Waals surface area contributed by atoms with Gasteiger partial charge >= 0.3 is 0 Å². The molecular weight excluding hydrogens is 186 g/mol. The molecule has 2 nitrogen and oxygen atoms in total. The number of hydrogen-bond acceptors (Lipinski definition) is 2. The molecule has 1 aromatic heterocycles. The van der Waals surface area contributed by atoms with E-state index < -0.39 is 0 Å². The van der Waals surface area contributed by atoms with Gasteiger partial charge in [-0.2, -0.15) is 0 Å². The number of pyridine rings is 1. The first-order chi connectivity index (χ1) is 7.22. The van der Waals surface area contributed by atoms with E-state index in [0.29, 0.717) is 0 Å². The van der Waals surface area contributed by atoms with Crippen molar-refractivity contribution in [2.24, 2.45) is 0 Å². The summed E-state index contributed by atoms with van der Waals surface area (Å²) in [6, 6.07) is 2.24. The SMILES string of the molecule is CCc1cc2c(nc1C)C(O)CCCC2. The molecule has 0 radical (unpaired) electrons. The third kappa shape index (κ3) is 2.05. The van der Waals surface area contributed by atoms with Crippen LogP contribution < -0.4 is 0 Å². The highest BCUT2D eigenvalue weighted by Gasteiger charge is 2.18. The lowest BCUT2D eigenvalue weighted by Crippen LogP contribution is -2.06. The molecule has 0 saturated carbocycles. The van der Waals surface area contributed by atoms with Crippen LogP contribution in [0.15, 0.2) is 6.07 Å². The van der Waals surface area contributed by atoms with Crippen molar-refractivity contribution >= 4 is 0 Å². The molecule has 0 bridgehead atoms. The van der Waals surface area contributed by atoms with E-state index in [4.69, 9.17) is 0 Å². The lowest BCUT2D eigenvalue weighted by molar-refractivity contribution is 0.162. The Morgan fingerprint density at radius 3 is 3.00 bits per heavy atom. The average molecular weight is 205 g/mol. The molecule has 1 aliphatic carbocycles. The number of aliphatic hydroxyl groups is 1. The minimum Gasteiger partial charge on any atom is -0.387 e. The van der Waals surface area contributed by atoms with Crippen LogP contribution in [0.5, 0.6) is 0 Å². The van der Waals surface area contributed by atoms with Crippen LogP contribution in [0.2, 0.25) is 0 Å². The largest absolute Gasteiger partial charge is 0.387 e. The fourth-order valence-electron chi connectivity index (χ4n) is 2.35. The Kier molecular flexibility index (Phi) is 3.06. The highest BCUT2D eigenvalue weighted by molar-refractivity contribution is 5.32. The summed E-state index contributed by atoms with van der Waals surface area (Å²) < 4.78 is 0. The fourth-order valence-corrected chi connectivity index (χ4v) is 2.35. The second kappa shape index (κ2) is 4.31. The molecule has 0 aromatic carbocycles. The fraction of sp³-hybridized carbons (Fsp3) is 0.615. The molecule has 1 N–H and O–H groups in total. The molecule has 1 aliphatic rings. The Bertz CT molecular complexity index is 360. The highest BCUT2D eigenvalue weighted by Crippen LogP contribution is 2.28. The maximum atomic E-state index is 9.97. The third-order valence-corrected chi connectivity index (χ3v) is 3.30. The third-order valence-electron chi connectivity index (χ3n) is 3.30. The molecule has 0 saturated heterocycles. The standard InChI is InChI=1S/C13H19NO/c1-3-10-8-11-6-4-5-7-12(15)13(11)14-9(10)2/h8,12,15H,3-7H2,1-2H3. The van der Waals surface area contributed by atoms with Crippen LogP contribution in [0.4, 0.5) is 0 Å².